The van der Waals surface area contributed by atoms with Gasteiger partial charge in [-0.3, -0.25) is 12.6 Å². The minimum absolute atomic E-state index is 0. The van der Waals surface area contributed by atoms with Crippen molar-refractivity contribution in [1.82, 2.24) is 0 Å². The van der Waals surface area contributed by atoms with E-state index in [4.69, 9.17) is 0 Å². The second kappa shape index (κ2) is 23.8. The molecule has 4 saturated heterocycles. The van der Waals surface area contributed by atoms with Gasteiger partial charge in [-0.2, -0.15) is 10.5 Å². The van der Waals surface area contributed by atoms with Crippen LogP contribution in [-0.2, 0) is 32.4 Å². The van der Waals surface area contributed by atoms with Crippen molar-refractivity contribution in [3.05, 3.63) is 0 Å². The summed E-state index contributed by atoms with van der Waals surface area (Å²) in [5, 5.41) is 0. The third-order valence-electron chi connectivity index (χ3n) is 6.54. The Labute approximate surface area is 231 Å². The Morgan fingerprint density at radius 2 is 0.857 bits per heavy atom. The van der Waals surface area contributed by atoms with Crippen molar-refractivity contribution < 1.29 is 12.6 Å². The van der Waals surface area contributed by atoms with E-state index in [0.29, 0.717) is 16.4 Å². The van der Waals surface area contributed by atoms with Crippen LogP contribution in [0.3, 0.4) is 0 Å². The third-order valence-corrected chi connectivity index (χ3v) is 12.9. The number of hydrogen-bond donors (Lipinski definition) is 0. The van der Waals surface area contributed by atoms with Crippen LogP contribution in [0, 0.1) is 23.7 Å². The molecule has 4 fully saturated rings. The highest BCUT2D eigenvalue weighted by atomic mass is 32.2. The van der Waals surface area contributed by atoms with E-state index in [0.717, 1.165) is 52.3 Å². The van der Waals surface area contributed by atoms with Gasteiger partial charge in [0.1, 0.15) is 0 Å². The van der Waals surface area contributed by atoms with Gasteiger partial charge in [-0.05, 0) is 86.5 Å². The summed E-state index contributed by atoms with van der Waals surface area (Å²) in [5.41, 5.74) is 0. The van der Waals surface area contributed by atoms with Gasteiger partial charge in [-0.15, -0.1) is 0 Å². The summed E-state index contributed by atoms with van der Waals surface area (Å²) in [6.45, 7) is 8.98. The van der Waals surface area contributed by atoms with Crippen molar-refractivity contribution >= 4 is 48.8 Å². The minimum atomic E-state index is -0.478. The molecule has 4 rings (SSSR count). The topological polar surface area (TPSA) is 51.2 Å². The van der Waals surface area contributed by atoms with Crippen LogP contribution >= 0.6 is 10.5 Å². The average molecular weight is 575 g/mol. The van der Waals surface area contributed by atoms with Crippen LogP contribution in [0.2, 0.25) is 0 Å². The van der Waals surface area contributed by atoms with Gasteiger partial charge >= 0.3 is 0 Å². The molecule has 4 heterocycles. The van der Waals surface area contributed by atoms with Crippen LogP contribution in [0.1, 0.15) is 101 Å². The summed E-state index contributed by atoms with van der Waals surface area (Å²) in [5.74, 6) is 15.8. The fourth-order valence-electron chi connectivity index (χ4n) is 4.10. The van der Waals surface area contributed by atoms with Crippen LogP contribution in [0.15, 0.2) is 0 Å². The van der Waals surface area contributed by atoms with Crippen molar-refractivity contribution in [3.8, 4) is 0 Å². The van der Waals surface area contributed by atoms with E-state index in [1.54, 1.807) is 0 Å². The monoisotopic (exact) mass is 574 g/mol. The van der Waals surface area contributed by atoms with Crippen molar-refractivity contribution in [2.24, 2.45) is 23.7 Å². The van der Waals surface area contributed by atoms with E-state index < -0.39 is 32.4 Å². The molecule has 0 aromatic carbocycles. The van der Waals surface area contributed by atoms with Crippen LogP contribution in [0.5, 0.6) is 0 Å². The van der Waals surface area contributed by atoms with E-state index >= 15 is 0 Å². The van der Waals surface area contributed by atoms with Gasteiger partial charge in [-0.1, -0.05) is 55.8 Å². The van der Waals surface area contributed by atoms with Gasteiger partial charge in [0.05, 0.1) is 0 Å². The predicted molar refractivity (Wildman–Crippen MR) is 172 cm³/mol. The Kier molecular flexibility index (Phi) is 27.3. The molecule has 0 radical (unpaired) electrons. The maximum Gasteiger partial charge on any atom is 0.0260 e. The van der Waals surface area contributed by atoms with E-state index in [1.807, 2.05) is 0 Å². The molecule has 6 atom stereocenters. The second-order valence-corrected chi connectivity index (χ2v) is 17.3. The van der Waals surface area contributed by atoms with E-state index in [2.05, 4.69) is 33.6 Å². The quantitative estimate of drug-likeness (QED) is 0.281. The molecule has 0 N–H and O–H groups in total. The molecule has 4 aliphatic heterocycles. The molecule has 216 valence electrons. The Hall–Kier alpha value is 0.670. The number of rotatable bonds is 0. The smallest absolute Gasteiger partial charge is 0.0260 e. The highest BCUT2D eigenvalue weighted by molar-refractivity contribution is 8.14. The van der Waals surface area contributed by atoms with E-state index in [1.165, 1.54) is 62.9 Å². The fourth-order valence-corrected chi connectivity index (χ4v) is 10.3. The Morgan fingerprint density at radius 1 is 0.486 bits per heavy atom. The summed E-state index contributed by atoms with van der Waals surface area (Å²) < 4.78 is 32.4. The van der Waals surface area contributed by atoms with Crippen LogP contribution in [0.25, 0.3) is 0 Å². The molecule has 0 aliphatic carbocycles. The lowest BCUT2D eigenvalue weighted by atomic mass is 10.0. The standard InChI is InChI=1S/C7H14OS.2C6H12OS.C6H12S.3CH4/c1-7-3-2-5-9(8)6-4-7;1-6-2-4-8(7)5-3-6;1-6-3-2-4-8(7)5-6;1-6-3-4-7(2)5-6;;;/h7H,2-6H2,1H3;2*6H,2-5H2,1H3;6H,2-5H2,1H3;3*1H4. The van der Waals surface area contributed by atoms with E-state index in [-0.39, 0.29) is 22.3 Å². The van der Waals surface area contributed by atoms with Crippen LogP contribution < -0.4 is 0 Å². The molecule has 0 saturated carbocycles. The van der Waals surface area contributed by atoms with Gasteiger partial charge in [-0.25, -0.2) is 0 Å². The largest absolute Gasteiger partial charge is 0.260 e. The van der Waals surface area contributed by atoms with Gasteiger partial charge in [0.2, 0.25) is 0 Å². The van der Waals surface area contributed by atoms with Crippen LogP contribution in [-0.4, -0.2) is 64.5 Å². The molecule has 6 unspecified atom stereocenters. The Morgan fingerprint density at radius 3 is 1.23 bits per heavy atom. The maximum atomic E-state index is 10.9. The van der Waals surface area contributed by atoms with Gasteiger partial charge in [0.25, 0.3) is 0 Å². The van der Waals surface area contributed by atoms with Crippen molar-refractivity contribution in [1.29, 1.82) is 0 Å². The molecule has 4 aliphatic rings. The van der Waals surface area contributed by atoms with Crippen molar-refractivity contribution in [2.75, 3.05) is 46.0 Å². The number of hydrogen-bond acceptors (Lipinski definition) is 3. The van der Waals surface area contributed by atoms with Crippen molar-refractivity contribution in [2.45, 2.75) is 101 Å². The van der Waals surface area contributed by atoms with E-state index in [9.17, 15) is 12.6 Å². The molecule has 0 spiro atoms. The Bertz CT molecular complexity index is 599. The summed E-state index contributed by atoms with van der Waals surface area (Å²) in [4.78, 5) is 0. The summed E-state index contributed by atoms with van der Waals surface area (Å²) >= 11 is 0. The second-order valence-electron chi connectivity index (χ2n) is 10.3. The molecule has 3 nitrogen and oxygen atoms in total. The molecule has 0 amide bonds. The van der Waals surface area contributed by atoms with Gasteiger partial charge in [0.15, 0.2) is 0 Å². The first-order chi connectivity index (χ1) is 15.2. The predicted octanol–water partition coefficient (Wildman–Crippen LogP) is 7.52. The minimum Gasteiger partial charge on any atom is -0.260 e. The first-order valence-electron chi connectivity index (χ1n) is 12.7. The molecular formula is C28H62O3S4. The summed E-state index contributed by atoms with van der Waals surface area (Å²) in [6, 6.07) is 0. The normalized spacial score (nSPS) is 36.2. The molecule has 35 heavy (non-hydrogen) atoms. The lowest BCUT2D eigenvalue weighted by Gasteiger charge is -2.15. The molecule has 0 bridgehead atoms. The van der Waals surface area contributed by atoms with Crippen LogP contribution in [0.4, 0.5) is 0 Å². The Balaban J connectivity index is -0.000000380. The van der Waals surface area contributed by atoms with Crippen molar-refractivity contribution in [3.63, 3.8) is 0 Å². The lowest BCUT2D eigenvalue weighted by Crippen LogP contribution is -2.17. The third kappa shape index (κ3) is 22.4. The molecule has 0 aromatic heterocycles. The molecule has 0 aromatic rings. The maximum absolute atomic E-state index is 10.9. The lowest BCUT2D eigenvalue weighted by molar-refractivity contribution is 0.523. The summed E-state index contributed by atoms with van der Waals surface area (Å²) in [7, 11) is -0.862. The van der Waals surface area contributed by atoms with Gasteiger partial charge in [0, 0.05) is 66.9 Å². The zero-order chi connectivity index (χ0) is 23.9. The first kappa shape index (κ1) is 40.2. The zero-order valence-electron chi connectivity index (χ0n) is 21.2. The SMILES string of the molecule is C.C.C.C=S1CCC(C)C1.CC1CCCS(=O)C1.CC1CCCS(=O)CC1.CC1CCS(=O)CC1. The first-order valence-corrected chi connectivity index (χ1v) is 18.9. The average Bonchev–Trinajstić information content (AvgIpc) is 3.01. The molecular weight excluding hydrogens is 513 g/mol. The fraction of sp³-hybridized carbons (Fsp3) is 0.964. The molecule has 7 heteroatoms. The van der Waals surface area contributed by atoms with Gasteiger partial charge < -0.3 is 0 Å². The highest BCUT2D eigenvalue weighted by Gasteiger charge is 2.14. The summed E-state index contributed by atoms with van der Waals surface area (Å²) in [6.07, 6.45) is 9.86. The highest BCUT2D eigenvalue weighted by Crippen LogP contribution is 2.27. The zero-order valence-corrected chi connectivity index (χ0v) is 24.5.